The van der Waals surface area contributed by atoms with Gasteiger partial charge in [-0.3, -0.25) is 0 Å². The molecule has 0 saturated heterocycles. The third-order valence-corrected chi connectivity index (χ3v) is 6.51. The lowest BCUT2D eigenvalue weighted by Crippen LogP contribution is -2.34. The maximum atomic E-state index is 12.8. The average molecular weight is 363 g/mol. The van der Waals surface area contributed by atoms with Crippen LogP contribution in [-0.4, -0.2) is 32.4 Å². The van der Waals surface area contributed by atoms with Gasteiger partial charge in [0, 0.05) is 18.7 Å². The molecular weight excluding hydrogens is 344 g/mol. The van der Waals surface area contributed by atoms with E-state index in [2.05, 4.69) is 21.2 Å². The van der Waals surface area contributed by atoms with Gasteiger partial charge < -0.3 is 9.73 Å². The monoisotopic (exact) mass is 362 g/mol. The van der Waals surface area contributed by atoms with Gasteiger partial charge in [-0.2, -0.15) is 4.31 Å². The van der Waals surface area contributed by atoms with E-state index in [4.69, 9.17) is 4.42 Å². The standard InChI is InChI=1S/C13H19BrN2O3S/c1-15-7-11-6-12(13(14)19-11)20(17,18)16(10-4-5-10)8-9-2-3-9/h6,9-10,15H,2-5,7-8H2,1H3. The zero-order valence-electron chi connectivity index (χ0n) is 11.4. The molecule has 1 N–H and O–H groups in total. The minimum absolute atomic E-state index is 0.190. The Hall–Kier alpha value is -0.370. The van der Waals surface area contributed by atoms with Crippen molar-refractivity contribution in [2.45, 2.75) is 43.2 Å². The highest BCUT2D eigenvalue weighted by Gasteiger charge is 2.42. The van der Waals surface area contributed by atoms with Gasteiger partial charge in [-0.25, -0.2) is 8.42 Å². The van der Waals surface area contributed by atoms with Crippen LogP contribution in [0.1, 0.15) is 31.4 Å². The summed E-state index contributed by atoms with van der Waals surface area (Å²) in [5.41, 5.74) is 0. The summed E-state index contributed by atoms with van der Waals surface area (Å²) in [4.78, 5) is 0.260. The van der Waals surface area contributed by atoms with E-state index in [1.807, 2.05) is 0 Å². The highest BCUT2D eigenvalue weighted by molar-refractivity contribution is 9.10. The first kappa shape index (κ1) is 14.6. The fourth-order valence-electron chi connectivity index (χ4n) is 2.32. The molecule has 2 aliphatic carbocycles. The Morgan fingerprint density at radius 3 is 2.65 bits per heavy atom. The van der Waals surface area contributed by atoms with Crippen LogP contribution in [0.5, 0.6) is 0 Å². The van der Waals surface area contributed by atoms with E-state index in [9.17, 15) is 8.42 Å². The summed E-state index contributed by atoms with van der Waals surface area (Å²) in [6, 6.07) is 1.81. The minimum Gasteiger partial charge on any atom is -0.452 e. The predicted molar refractivity (Wildman–Crippen MR) is 78.8 cm³/mol. The van der Waals surface area contributed by atoms with Crippen LogP contribution >= 0.6 is 15.9 Å². The number of hydrogen-bond donors (Lipinski definition) is 1. The zero-order valence-corrected chi connectivity index (χ0v) is 13.8. The van der Waals surface area contributed by atoms with Gasteiger partial charge in [0.2, 0.25) is 10.0 Å². The molecule has 0 bridgehead atoms. The van der Waals surface area contributed by atoms with E-state index in [0.717, 1.165) is 25.7 Å². The maximum Gasteiger partial charge on any atom is 0.247 e. The lowest BCUT2D eigenvalue weighted by atomic mass is 10.4. The number of nitrogens with zero attached hydrogens (tertiary/aromatic N) is 1. The molecule has 0 aromatic carbocycles. The van der Waals surface area contributed by atoms with E-state index >= 15 is 0 Å². The van der Waals surface area contributed by atoms with Gasteiger partial charge in [0.25, 0.3) is 0 Å². The molecule has 0 atom stereocenters. The zero-order chi connectivity index (χ0) is 14.3. The minimum atomic E-state index is -3.46. The van der Waals surface area contributed by atoms with Crippen LogP contribution in [0.25, 0.3) is 0 Å². The van der Waals surface area contributed by atoms with Crippen LogP contribution in [0.2, 0.25) is 0 Å². The van der Waals surface area contributed by atoms with Crippen LogP contribution < -0.4 is 5.32 Å². The Morgan fingerprint density at radius 1 is 1.40 bits per heavy atom. The van der Waals surface area contributed by atoms with Crippen LogP contribution in [0.4, 0.5) is 0 Å². The first-order chi connectivity index (χ1) is 9.52. The Kier molecular flexibility index (Phi) is 3.96. The average Bonchev–Trinajstić information content (AvgIpc) is 3.27. The molecule has 0 aliphatic heterocycles. The summed E-state index contributed by atoms with van der Waals surface area (Å²) < 4.78 is 33.1. The van der Waals surface area contributed by atoms with Crippen molar-refractivity contribution >= 4 is 26.0 Å². The van der Waals surface area contributed by atoms with Crippen LogP contribution in [0, 0.1) is 5.92 Å². The first-order valence-corrected chi connectivity index (χ1v) is 9.20. The quantitative estimate of drug-likeness (QED) is 0.808. The molecule has 0 spiro atoms. The summed E-state index contributed by atoms with van der Waals surface area (Å²) in [6.45, 7) is 1.17. The van der Waals surface area contributed by atoms with Crippen molar-refractivity contribution in [3.63, 3.8) is 0 Å². The molecule has 1 aromatic heterocycles. The van der Waals surface area contributed by atoms with Crippen LogP contribution in [0.3, 0.4) is 0 Å². The van der Waals surface area contributed by atoms with E-state index < -0.39 is 10.0 Å². The fourth-order valence-corrected chi connectivity index (χ4v) is 5.05. The summed E-state index contributed by atoms with van der Waals surface area (Å²) in [6.07, 6.45) is 4.25. The Labute approximate surface area is 127 Å². The number of sulfonamides is 1. The number of halogens is 1. The van der Waals surface area contributed by atoms with Gasteiger partial charge in [-0.15, -0.1) is 0 Å². The van der Waals surface area contributed by atoms with Crippen LogP contribution in [-0.2, 0) is 16.6 Å². The van der Waals surface area contributed by atoms with Gasteiger partial charge >= 0.3 is 0 Å². The third kappa shape index (κ3) is 2.95. The summed E-state index contributed by atoms with van der Waals surface area (Å²) >= 11 is 3.24. The van der Waals surface area contributed by atoms with E-state index in [1.165, 1.54) is 0 Å². The second-order valence-electron chi connectivity index (χ2n) is 5.63. The molecule has 2 aliphatic rings. The number of rotatable bonds is 7. The topological polar surface area (TPSA) is 62.6 Å². The second kappa shape index (κ2) is 5.44. The van der Waals surface area contributed by atoms with Crippen molar-refractivity contribution in [3.8, 4) is 0 Å². The van der Waals surface area contributed by atoms with Gasteiger partial charge in [0.05, 0.1) is 6.54 Å². The highest BCUT2D eigenvalue weighted by atomic mass is 79.9. The van der Waals surface area contributed by atoms with E-state index in [0.29, 0.717) is 29.4 Å². The normalized spacial score (nSPS) is 19.8. The third-order valence-electron chi connectivity index (χ3n) is 3.73. The predicted octanol–water partition coefficient (Wildman–Crippen LogP) is 2.32. The molecule has 112 valence electrons. The summed E-state index contributed by atoms with van der Waals surface area (Å²) in [5, 5.41) is 2.96. The van der Waals surface area contributed by atoms with Gasteiger partial charge in [0.15, 0.2) is 4.67 Å². The van der Waals surface area contributed by atoms with Crippen molar-refractivity contribution in [1.29, 1.82) is 0 Å². The van der Waals surface area contributed by atoms with Crippen molar-refractivity contribution < 1.29 is 12.8 Å². The largest absolute Gasteiger partial charge is 0.452 e. The van der Waals surface area contributed by atoms with Crippen molar-refractivity contribution in [2.24, 2.45) is 5.92 Å². The summed E-state index contributed by atoms with van der Waals surface area (Å²) in [5.74, 6) is 1.17. The highest BCUT2D eigenvalue weighted by Crippen LogP contribution is 2.39. The molecule has 20 heavy (non-hydrogen) atoms. The Balaban J connectivity index is 1.88. The molecule has 5 nitrogen and oxygen atoms in total. The molecule has 0 amide bonds. The van der Waals surface area contributed by atoms with E-state index in [-0.39, 0.29) is 10.9 Å². The van der Waals surface area contributed by atoms with Crippen molar-refractivity contribution in [1.82, 2.24) is 9.62 Å². The summed E-state index contributed by atoms with van der Waals surface area (Å²) in [7, 11) is -1.66. The molecule has 7 heteroatoms. The first-order valence-electron chi connectivity index (χ1n) is 6.97. The van der Waals surface area contributed by atoms with Gasteiger partial charge in [-0.05, 0) is 54.6 Å². The Bertz CT molecular complexity index is 591. The maximum absolute atomic E-state index is 12.8. The van der Waals surface area contributed by atoms with E-state index in [1.54, 1.807) is 17.4 Å². The molecule has 0 radical (unpaired) electrons. The molecule has 1 aromatic rings. The van der Waals surface area contributed by atoms with Crippen molar-refractivity contribution in [3.05, 3.63) is 16.5 Å². The van der Waals surface area contributed by atoms with Crippen molar-refractivity contribution in [2.75, 3.05) is 13.6 Å². The molecule has 0 unspecified atom stereocenters. The fraction of sp³-hybridized carbons (Fsp3) is 0.692. The second-order valence-corrected chi connectivity index (χ2v) is 8.21. The number of nitrogens with one attached hydrogen (secondary N) is 1. The molecule has 2 saturated carbocycles. The molecule has 2 fully saturated rings. The Morgan fingerprint density at radius 2 is 2.10 bits per heavy atom. The van der Waals surface area contributed by atoms with Gasteiger partial charge in [0.1, 0.15) is 10.7 Å². The number of furan rings is 1. The lowest BCUT2D eigenvalue weighted by molar-refractivity contribution is 0.387. The molecule has 1 heterocycles. The molecule has 3 rings (SSSR count). The SMILES string of the molecule is CNCc1cc(S(=O)(=O)N(CC2CC2)C2CC2)c(Br)o1. The molecular formula is C13H19BrN2O3S. The number of hydrogen-bond acceptors (Lipinski definition) is 4. The lowest BCUT2D eigenvalue weighted by Gasteiger charge is -2.20. The smallest absolute Gasteiger partial charge is 0.247 e. The van der Waals surface area contributed by atoms with Gasteiger partial charge in [-0.1, -0.05) is 0 Å². The van der Waals surface area contributed by atoms with Crippen LogP contribution in [0.15, 0.2) is 20.0 Å².